The lowest BCUT2D eigenvalue weighted by Crippen LogP contribution is -2.10. The molecule has 0 aliphatic rings. The van der Waals surface area contributed by atoms with E-state index < -0.39 is 5.97 Å². The SMILES string of the molecule is Cc1cc(NC(C)c2ccccc2)cc(C(=O)O)c1N. The van der Waals surface area contributed by atoms with Gasteiger partial charge < -0.3 is 16.2 Å². The maximum atomic E-state index is 11.2. The number of anilines is 2. The van der Waals surface area contributed by atoms with Gasteiger partial charge in [-0.05, 0) is 37.1 Å². The van der Waals surface area contributed by atoms with E-state index >= 15 is 0 Å². The van der Waals surface area contributed by atoms with Crippen LogP contribution in [0.5, 0.6) is 0 Å². The second-order valence-electron chi connectivity index (χ2n) is 4.84. The number of hydrogen-bond donors (Lipinski definition) is 3. The molecule has 104 valence electrons. The van der Waals surface area contributed by atoms with Gasteiger partial charge in [-0.3, -0.25) is 0 Å². The van der Waals surface area contributed by atoms with Gasteiger partial charge in [0.15, 0.2) is 0 Å². The van der Waals surface area contributed by atoms with Crippen molar-refractivity contribution in [3.63, 3.8) is 0 Å². The Morgan fingerprint density at radius 3 is 2.50 bits per heavy atom. The topological polar surface area (TPSA) is 75.3 Å². The molecule has 0 saturated heterocycles. The minimum Gasteiger partial charge on any atom is -0.478 e. The highest BCUT2D eigenvalue weighted by atomic mass is 16.4. The average Bonchev–Trinajstić information content (AvgIpc) is 2.43. The summed E-state index contributed by atoms with van der Waals surface area (Å²) in [5.74, 6) is -1.01. The standard InChI is InChI=1S/C16H18N2O2/c1-10-8-13(9-14(15(10)17)16(19)20)18-11(2)12-6-4-3-5-7-12/h3-9,11,18H,17H2,1-2H3,(H,19,20). The molecule has 0 fully saturated rings. The predicted octanol–water partition coefficient (Wildman–Crippen LogP) is 3.45. The average molecular weight is 270 g/mol. The second-order valence-corrected chi connectivity index (χ2v) is 4.84. The monoisotopic (exact) mass is 270 g/mol. The molecule has 2 aromatic rings. The molecule has 4 heteroatoms. The van der Waals surface area contributed by atoms with Gasteiger partial charge in [-0.25, -0.2) is 4.79 Å². The highest BCUT2D eigenvalue weighted by Gasteiger charge is 2.13. The number of carboxylic acid groups (broad SMARTS) is 1. The summed E-state index contributed by atoms with van der Waals surface area (Å²) in [6, 6.07) is 13.5. The Morgan fingerprint density at radius 1 is 1.25 bits per heavy atom. The predicted molar refractivity (Wildman–Crippen MR) is 81.0 cm³/mol. The molecule has 0 radical (unpaired) electrons. The number of rotatable bonds is 4. The van der Waals surface area contributed by atoms with Crippen LogP contribution in [-0.2, 0) is 0 Å². The lowest BCUT2D eigenvalue weighted by atomic mass is 10.0. The largest absolute Gasteiger partial charge is 0.478 e. The zero-order valence-electron chi connectivity index (χ0n) is 11.6. The number of aromatic carboxylic acids is 1. The number of aryl methyl sites for hydroxylation is 1. The number of nitrogen functional groups attached to an aromatic ring is 1. The van der Waals surface area contributed by atoms with E-state index in [0.717, 1.165) is 16.8 Å². The summed E-state index contributed by atoms with van der Waals surface area (Å²) < 4.78 is 0. The van der Waals surface area contributed by atoms with E-state index in [1.807, 2.05) is 43.3 Å². The van der Waals surface area contributed by atoms with Crippen molar-refractivity contribution in [1.82, 2.24) is 0 Å². The molecule has 1 atom stereocenters. The molecule has 1 unspecified atom stereocenters. The van der Waals surface area contributed by atoms with Gasteiger partial charge in [-0.15, -0.1) is 0 Å². The zero-order chi connectivity index (χ0) is 14.7. The highest BCUT2D eigenvalue weighted by Crippen LogP contribution is 2.26. The van der Waals surface area contributed by atoms with Crippen LogP contribution in [-0.4, -0.2) is 11.1 Å². The Kier molecular flexibility index (Phi) is 3.94. The molecule has 0 bridgehead atoms. The smallest absolute Gasteiger partial charge is 0.337 e. The molecule has 0 saturated carbocycles. The molecule has 2 rings (SSSR count). The molecule has 4 nitrogen and oxygen atoms in total. The molecule has 4 N–H and O–H groups in total. The number of hydrogen-bond acceptors (Lipinski definition) is 3. The van der Waals surface area contributed by atoms with Crippen molar-refractivity contribution < 1.29 is 9.90 Å². The molecule has 0 amide bonds. The van der Waals surface area contributed by atoms with E-state index in [9.17, 15) is 4.79 Å². The Morgan fingerprint density at radius 2 is 1.90 bits per heavy atom. The molecule has 0 heterocycles. The zero-order valence-corrected chi connectivity index (χ0v) is 11.6. The summed E-state index contributed by atoms with van der Waals surface area (Å²) >= 11 is 0. The quantitative estimate of drug-likeness (QED) is 0.744. The van der Waals surface area contributed by atoms with Crippen LogP contribution in [0.1, 0.15) is 34.5 Å². The molecular formula is C16H18N2O2. The number of nitrogens with one attached hydrogen (secondary N) is 1. The first kappa shape index (κ1) is 13.9. The van der Waals surface area contributed by atoms with E-state index in [1.54, 1.807) is 13.0 Å². The fourth-order valence-corrected chi connectivity index (χ4v) is 2.13. The summed E-state index contributed by atoms with van der Waals surface area (Å²) in [5.41, 5.74) is 8.88. The van der Waals surface area contributed by atoms with Gasteiger partial charge in [0, 0.05) is 17.4 Å². The van der Waals surface area contributed by atoms with Crippen LogP contribution in [0, 0.1) is 6.92 Å². The highest BCUT2D eigenvalue weighted by molar-refractivity contribution is 5.95. The van der Waals surface area contributed by atoms with Gasteiger partial charge in [-0.2, -0.15) is 0 Å². The van der Waals surface area contributed by atoms with Gasteiger partial charge in [0.25, 0.3) is 0 Å². The maximum Gasteiger partial charge on any atom is 0.337 e. The number of benzene rings is 2. The van der Waals surface area contributed by atoms with Crippen LogP contribution in [0.25, 0.3) is 0 Å². The van der Waals surface area contributed by atoms with Crippen molar-refractivity contribution in [2.75, 3.05) is 11.1 Å². The molecule has 0 spiro atoms. The fourth-order valence-electron chi connectivity index (χ4n) is 2.13. The third kappa shape index (κ3) is 2.91. The lowest BCUT2D eigenvalue weighted by Gasteiger charge is -2.17. The molecule has 0 aliphatic heterocycles. The van der Waals surface area contributed by atoms with E-state index in [0.29, 0.717) is 5.69 Å². The number of nitrogens with two attached hydrogens (primary N) is 1. The normalized spacial score (nSPS) is 11.9. The van der Waals surface area contributed by atoms with Crippen LogP contribution in [0.15, 0.2) is 42.5 Å². The van der Waals surface area contributed by atoms with Crippen molar-refractivity contribution in [3.8, 4) is 0 Å². The Labute approximate surface area is 118 Å². The van der Waals surface area contributed by atoms with Crippen LogP contribution >= 0.6 is 0 Å². The Hall–Kier alpha value is -2.49. The van der Waals surface area contributed by atoms with Crippen LogP contribution in [0.2, 0.25) is 0 Å². The third-order valence-electron chi connectivity index (χ3n) is 3.30. The molecule has 2 aromatic carbocycles. The summed E-state index contributed by atoms with van der Waals surface area (Å²) in [7, 11) is 0. The minimum absolute atomic E-state index is 0.0841. The second kappa shape index (κ2) is 5.65. The molecular weight excluding hydrogens is 252 g/mol. The molecule has 0 aromatic heterocycles. The summed E-state index contributed by atoms with van der Waals surface area (Å²) in [6.07, 6.45) is 0. The fraction of sp³-hybridized carbons (Fsp3) is 0.188. The van der Waals surface area contributed by atoms with Crippen molar-refractivity contribution in [1.29, 1.82) is 0 Å². The first-order valence-corrected chi connectivity index (χ1v) is 6.44. The third-order valence-corrected chi connectivity index (χ3v) is 3.30. The van der Waals surface area contributed by atoms with Gasteiger partial charge in [-0.1, -0.05) is 30.3 Å². The Bertz CT molecular complexity index is 624. The van der Waals surface area contributed by atoms with Crippen LogP contribution in [0.4, 0.5) is 11.4 Å². The van der Waals surface area contributed by atoms with Gasteiger partial charge >= 0.3 is 5.97 Å². The van der Waals surface area contributed by atoms with E-state index in [4.69, 9.17) is 10.8 Å². The van der Waals surface area contributed by atoms with E-state index in [2.05, 4.69) is 5.32 Å². The van der Waals surface area contributed by atoms with Gasteiger partial charge in [0.2, 0.25) is 0 Å². The molecule has 0 aliphatic carbocycles. The van der Waals surface area contributed by atoms with Crippen molar-refractivity contribution in [3.05, 3.63) is 59.2 Å². The van der Waals surface area contributed by atoms with Crippen molar-refractivity contribution in [2.45, 2.75) is 19.9 Å². The summed E-state index contributed by atoms with van der Waals surface area (Å²) in [4.78, 5) is 11.2. The van der Waals surface area contributed by atoms with Gasteiger partial charge in [0.05, 0.1) is 5.56 Å². The van der Waals surface area contributed by atoms with E-state index in [1.165, 1.54) is 0 Å². The molecule has 20 heavy (non-hydrogen) atoms. The van der Waals surface area contributed by atoms with Crippen molar-refractivity contribution >= 4 is 17.3 Å². The van der Waals surface area contributed by atoms with Crippen LogP contribution < -0.4 is 11.1 Å². The van der Waals surface area contributed by atoms with Crippen molar-refractivity contribution in [2.24, 2.45) is 0 Å². The first-order chi connectivity index (χ1) is 9.49. The summed E-state index contributed by atoms with van der Waals surface area (Å²) in [5, 5.41) is 12.5. The number of carboxylic acids is 1. The number of carbonyl (C=O) groups is 1. The van der Waals surface area contributed by atoms with Crippen LogP contribution in [0.3, 0.4) is 0 Å². The Balaban J connectivity index is 2.28. The maximum absolute atomic E-state index is 11.2. The summed E-state index contributed by atoms with van der Waals surface area (Å²) in [6.45, 7) is 3.83. The van der Waals surface area contributed by atoms with Gasteiger partial charge in [0.1, 0.15) is 0 Å². The minimum atomic E-state index is -1.01. The first-order valence-electron chi connectivity index (χ1n) is 6.44. The lowest BCUT2D eigenvalue weighted by molar-refractivity contribution is 0.0698. The van der Waals surface area contributed by atoms with E-state index in [-0.39, 0.29) is 11.6 Å².